The summed E-state index contributed by atoms with van der Waals surface area (Å²) in [5.41, 5.74) is 1.14. The molecule has 0 aliphatic heterocycles. The molecular weight excluding hydrogens is 199 g/mol. The van der Waals surface area contributed by atoms with Gasteiger partial charge in [0.2, 0.25) is 0 Å². The molecule has 0 N–H and O–H groups in total. The first-order valence-corrected chi connectivity index (χ1v) is 6.36. The molecule has 0 saturated heterocycles. The van der Waals surface area contributed by atoms with Crippen molar-refractivity contribution in [1.29, 1.82) is 0 Å². The van der Waals surface area contributed by atoms with E-state index in [2.05, 4.69) is 0 Å². The molecule has 0 bridgehead atoms. The SMILES string of the molecule is CCOP(=O)(C=CC=C(C)C)OCC. The Balaban J connectivity index is 4.43. The molecule has 0 saturated carbocycles. The molecule has 0 aliphatic carbocycles. The second-order valence-corrected chi connectivity index (χ2v) is 4.86. The Labute approximate surface area is 86.3 Å². The van der Waals surface area contributed by atoms with Crippen molar-refractivity contribution >= 4 is 7.60 Å². The summed E-state index contributed by atoms with van der Waals surface area (Å²) < 4.78 is 22.0. The van der Waals surface area contributed by atoms with Crippen LogP contribution in [0.25, 0.3) is 0 Å². The van der Waals surface area contributed by atoms with Crippen LogP contribution in [0.4, 0.5) is 0 Å². The van der Waals surface area contributed by atoms with E-state index in [-0.39, 0.29) is 0 Å². The van der Waals surface area contributed by atoms with Crippen molar-refractivity contribution in [1.82, 2.24) is 0 Å². The second-order valence-electron chi connectivity index (χ2n) is 2.96. The molecule has 0 atom stereocenters. The van der Waals surface area contributed by atoms with E-state index in [1.54, 1.807) is 19.9 Å². The maximum atomic E-state index is 11.8. The number of allylic oxidation sites excluding steroid dienone is 3. The fraction of sp³-hybridized carbons (Fsp3) is 0.600. The molecule has 0 aromatic heterocycles. The van der Waals surface area contributed by atoms with E-state index in [0.717, 1.165) is 5.57 Å². The van der Waals surface area contributed by atoms with Gasteiger partial charge in [-0.25, -0.2) is 0 Å². The van der Waals surface area contributed by atoms with E-state index in [1.807, 2.05) is 19.9 Å². The zero-order valence-electron chi connectivity index (χ0n) is 9.32. The molecule has 14 heavy (non-hydrogen) atoms. The largest absolute Gasteiger partial charge is 0.354 e. The highest BCUT2D eigenvalue weighted by Gasteiger charge is 2.17. The molecule has 0 spiro atoms. The van der Waals surface area contributed by atoms with Gasteiger partial charge in [-0.1, -0.05) is 17.7 Å². The monoisotopic (exact) mass is 218 g/mol. The molecule has 0 aromatic carbocycles. The third-order valence-corrected chi connectivity index (χ3v) is 3.09. The molecular formula is C10H19O3P. The molecule has 0 radical (unpaired) electrons. The first-order chi connectivity index (χ1) is 6.54. The molecule has 3 nitrogen and oxygen atoms in total. The van der Waals surface area contributed by atoms with Crippen LogP contribution in [-0.2, 0) is 13.6 Å². The Morgan fingerprint density at radius 1 is 1.21 bits per heavy atom. The van der Waals surface area contributed by atoms with Crippen molar-refractivity contribution in [3.8, 4) is 0 Å². The summed E-state index contributed by atoms with van der Waals surface area (Å²) in [7, 11) is -3.00. The van der Waals surface area contributed by atoms with Gasteiger partial charge in [0.15, 0.2) is 0 Å². The van der Waals surface area contributed by atoms with Gasteiger partial charge in [0.1, 0.15) is 0 Å². The molecule has 0 rings (SSSR count). The molecule has 0 unspecified atom stereocenters. The van der Waals surface area contributed by atoms with Gasteiger partial charge in [-0.2, -0.15) is 0 Å². The van der Waals surface area contributed by atoms with Gasteiger partial charge in [0.25, 0.3) is 0 Å². The molecule has 0 aliphatic rings. The van der Waals surface area contributed by atoms with E-state index in [4.69, 9.17) is 9.05 Å². The molecule has 0 fully saturated rings. The average molecular weight is 218 g/mol. The number of hydrogen-bond acceptors (Lipinski definition) is 3. The van der Waals surface area contributed by atoms with Gasteiger partial charge in [0, 0.05) is 5.82 Å². The standard InChI is InChI=1S/C10H19O3P/c1-5-12-14(11,13-6-2)9-7-8-10(3)4/h7-9H,5-6H2,1-4H3. The fourth-order valence-electron chi connectivity index (χ4n) is 0.824. The lowest BCUT2D eigenvalue weighted by Crippen LogP contribution is -1.92. The predicted molar refractivity (Wildman–Crippen MR) is 59.4 cm³/mol. The molecule has 0 amide bonds. The van der Waals surface area contributed by atoms with Crippen LogP contribution in [-0.4, -0.2) is 13.2 Å². The number of rotatable bonds is 6. The van der Waals surface area contributed by atoms with Crippen molar-refractivity contribution < 1.29 is 13.6 Å². The van der Waals surface area contributed by atoms with E-state index in [9.17, 15) is 4.57 Å². The first-order valence-electron chi connectivity index (χ1n) is 4.75. The third-order valence-electron chi connectivity index (χ3n) is 1.32. The van der Waals surface area contributed by atoms with Crippen LogP contribution in [0.2, 0.25) is 0 Å². The summed E-state index contributed by atoms with van der Waals surface area (Å²) in [6.07, 6.45) is 3.58. The minimum Gasteiger partial charge on any atom is -0.306 e. The Kier molecular flexibility index (Phi) is 6.81. The molecule has 0 aromatic rings. The molecule has 0 heterocycles. The van der Waals surface area contributed by atoms with Crippen LogP contribution in [0.1, 0.15) is 27.7 Å². The second kappa shape index (κ2) is 6.99. The first kappa shape index (κ1) is 13.6. The van der Waals surface area contributed by atoms with Crippen LogP contribution >= 0.6 is 7.60 Å². The third kappa shape index (κ3) is 6.14. The Morgan fingerprint density at radius 2 is 1.71 bits per heavy atom. The fourth-order valence-corrected chi connectivity index (χ4v) is 2.09. The highest BCUT2D eigenvalue weighted by molar-refractivity contribution is 7.57. The summed E-state index contributed by atoms with van der Waals surface area (Å²) in [6.45, 7) is 8.29. The zero-order valence-corrected chi connectivity index (χ0v) is 10.2. The predicted octanol–water partition coefficient (Wildman–Crippen LogP) is 3.73. The smallest absolute Gasteiger partial charge is 0.306 e. The van der Waals surface area contributed by atoms with Gasteiger partial charge in [-0.3, -0.25) is 4.57 Å². The molecule has 82 valence electrons. The Bertz CT molecular complexity index is 242. The van der Waals surface area contributed by atoms with Crippen LogP contribution in [0.15, 0.2) is 23.5 Å². The highest BCUT2D eigenvalue weighted by atomic mass is 31.2. The zero-order chi connectivity index (χ0) is 11.0. The summed E-state index contributed by atoms with van der Waals surface area (Å²) >= 11 is 0. The van der Waals surface area contributed by atoms with Crippen LogP contribution in [0.5, 0.6) is 0 Å². The number of hydrogen-bond donors (Lipinski definition) is 0. The van der Waals surface area contributed by atoms with Crippen molar-refractivity contribution in [2.24, 2.45) is 0 Å². The van der Waals surface area contributed by atoms with E-state index in [0.29, 0.717) is 13.2 Å². The van der Waals surface area contributed by atoms with Crippen LogP contribution in [0, 0.1) is 0 Å². The lowest BCUT2D eigenvalue weighted by Gasteiger charge is -2.11. The van der Waals surface area contributed by atoms with Gasteiger partial charge in [-0.05, 0) is 27.7 Å². The Morgan fingerprint density at radius 3 is 2.07 bits per heavy atom. The van der Waals surface area contributed by atoms with Crippen molar-refractivity contribution in [2.45, 2.75) is 27.7 Å². The van der Waals surface area contributed by atoms with E-state index < -0.39 is 7.60 Å². The highest BCUT2D eigenvalue weighted by Crippen LogP contribution is 2.49. The lowest BCUT2D eigenvalue weighted by molar-refractivity contribution is 0.229. The van der Waals surface area contributed by atoms with Gasteiger partial charge in [0.05, 0.1) is 13.2 Å². The lowest BCUT2D eigenvalue weighted by atomic mass is 10.3. The van der Waals surface area contributed by atoms with E-state index >= 15 is 0 Å². The maximum absolute atomic E-state index is 11.8. The average Bonchev–Trinajstić information content (AvgIpc) is 2.03. The van der Waals surface area contributed by atoms with Gasteiger partial charge >= 0.3 is 7.60 Å². The summed E-state index contributed by atoms with van der Waals surface area (Å²) in [5, 5.41) is 0. The summed E-state index contributed by atoms with van der Waals surface area (Å²) in [6, 6.07) is 0. The summed E-state index contributed by atoms with van der Waals surface area (Å²) in [4.78, 5) is 0. The van der Waals surface area contributed by atoms with Crippen molar-refractivity contribution in [3.05, 3.63) is 23.5 Å². The van der Waals surface area contributed by atoms with Crippen molar-refractivity contribution in [3.63, 3.8) is 0 Å². The van der Waals surface area contributed by atoms with Gasteiger partial charge in [-0.15, -0.1) is 0 Å². The minimum absolute atomic E-state index is 0.385. The summed E-state index contributed by atoms with van der Waals surface area (Å²) in [5.74, 6) is 1.49. The normalized spacial score (nSPS) is 12.0. The van der Waals surface area contributed by atoms with Gasteiger partial charge < -0.3 is 9.05 Å². The quantitative estimate of drug-likeness (QED) is 0.503. The van der Waals surface area contributed by atoms with Crippen LogP contribution in [0.3, 0.4) is 0 Å². The Hall–Kier alpha value is -0.370. The minimum atomic E-state index is -3.00. The van der Waals surface area contributed by atoms with Crippen molar-refractivity contribution in [2.75, 3.05) is 13.2 Å². The molecule has 4 heteroatoms. The van der Waals surface area contributed by atoms with E-state index in [1.165, 1.54) is 5.82 Å². The van der Waals surface area contributed by atoms with Crippen LogP contribution < -0.4 is 0 Å². The maximum Gasteiger partial charge on any atom is 0.354 e. The topological polar surface area (TPSA) is 35.5 Å².